The molecule has 1 atom stereocenters. The van der Waals surface area contributed by atoms with Crippen molar-refractivity contribution in [2.45, 2.75) is 32.7 Å². The van der Waals surface area contributed by atoms with E-state index in [1.54, 1.807) is 18.2 Å². The molecule has 1 aromatic carbocycles. The molecule has 0 bridgehead atoms. The first-order valence-corrected chi connectivity index (χ1v) is 9.67. The van der Waals surface area contributed by atoms with Crippen LogP contribution in [0.2, 0.25) is 0 Å². The lowest BCUT2D eigenvalue weighted by Crippen LogP contribution is -2.46. The van der Waals surface area contributed by atoms with Crippen molar-refractivity contribution in [2.24, 2.45) is 5.73 Å². The second kappa shape index (κ2) is 9.71. The Hall–Kier alpha value is -2.12. The summed E-state index contributed by atoms with van der Waals surface area (Å²) in [5.41, 5.74) is 7.26. The van der Waals surface area contributed by atoms with Gasteiger partial charge in [-0.1, -0.05) is 6.92 Å². The number of carbonyl (C=O) groups is 2. The average molecular weight is 376 g/mol. The number of urea groups is 1. The number of hydrogen-bond donors (Lipinski definition) is 2. The van der Waals surface area contributed by atoms with Crippen LogP contribution < -0.4 is 11.1 Å². The summed E-state index contributed by atoms with van der Waals surface area (Å²) in [5.74, 6) is -0.459. The van der Waals surface area contributed by atoms with E-state index < -0.39 is 5.91 Å². The molecule has 1 unspecified atom stereocenters. The molecular weight excluding hydrogens is 342 g/mol. The summed E-state index contributed by atoms with van der Waals surface area (Å²) in [7, 11) is 4.02. The molecule has 1 aliphatic rings. The van der Waals surface area contributed by atoms with E-state index in [1.165, 1.54) is 6.42 Å². The van der Waals surface area contributed by atoms with E-state index in [4.69, 9.17) is 5.73 Å². The van der Waals surface area contributed by atoms with Gasteiger partial charge in [0.05, 0.1) is 0 Å². The Balaban J connectivity index is 2.08. The zero-order valence-electron chi connectivity index (χ0n) is 17.0. The maximum atomic E-state index is 12.9. The van der Waals surface area contributed by atoms with Crippen LogP contribution in [-0.4, -0.2) is 79.5 Å². The van der Waals surface area contributed by atoms with E-state index in [1.807, 2.05) is 25.9 Å². The zero-order chi connectivity index (χ0) is 20.0. The van der Waals surface area contributed by atoms with Crippen LogP contribution in [0.3, 0.4) is 0 Å². The number of benzene rings is 1. The summed E-state index contributed by atoms with van der Waals surface area (Å²) in [6.07, 6.45) is 2.32. The summed E-state index contributed by atoms with van der Waals surface area (Å²) >= 11 is 0. The standard InChI is InChI=1S/C20H33N5O2/c1-5-24-10-6-7-17(24)14-25(12-11-23(3)4)20(27)22-16-8-9-18(19(21)26)15(2)13-16/h8-9,13,17H,5-7,10-12,14H2,1-4H3,(H2,21,26)(H,22,27). The van der Waals surface area contributed by atoms with Crippen molar-refractivity contribution in [3.63, 3.8) is 0 Å². The van der Waals surface area contributed by atoms with Crippen LogP contribution in [-0.2, 0) is 0 Å². The second-order valence-electron chi connectivity index (χ2n) is 7.50. The van der Waals surface area contributed by atoms with Gasteiger partial charge in [-0.15, -0.1) is 0 Å². The molecule has 3 N–H and O–H groups in total. The van der Waals surface area contributed by atoms with Crippen molar-refractivity contribution < 1.29 is 9.59 Å². The Morgan fingerprint density at radius 2 is 2.04 bits per heavy atom. The molecule has 27 heavy (non-hydrogen) atoms. The summed E-state index contributed by atoms with van der Waals surface area (Å²) < 4.78 is 0. The monoisotopic (exact) mass is 375 g/mol. The molecule has 1 heterocycles. The van der Waals surface area contributed by atoms with Crippen molar-refractivity contribution in [1.82, 2.24) is 14.7 Å². The SMILES string of the molecule is CCN1CCCC1CN(CCN(C)C)C(=O)Nc1ccc(C(N)=O)c(C)c1. The summed E-state index contributed by atoms with van der Waals surface area (Å²) in [4.78, 5) is 30.7. The molecule has 0 spiro atoms. The number of aryl methyl sites for hydroxylation is 1. The normalized spacial score (nSPS) is 17.3. The van der Waals surface area contributed by atoms with Crippen LogP contribution in [0.5, 0.6) is 0 Å². The molecule has 3 amide bonds. The molecule has 0 saturated carbocycles. The highest BCUT2D eigenvalue weighted by Gasteiger charge is 2.27. The largest absolute Gasteiger partial charge is 0.366 e. The lowest BCUT2D eigenvalue weighted by atomic mass is 10.1. The van der Waals surface area contributed by atoms with Gasteiger partial charge in [-0.05, 0) is 70.7 Å². The lowest BCUT2D eigenvalue weighted by Gasteiger charge is -2.31. The number of rotatable bonds is 8. The lowest BCUT2D eigenvalue weighted by molar-refractivity contribution is 0.0999. The van der Waals surface area contributed by atoms with Crippen molar-refractivity contribution in [3.05, 3.63) is 29.3 Å². The Bertz CT molecular complexity index is 662. The van der Waals surface area contributed by atoms with Crippen LogP contribution in [0.4, 0.5) is 10.5 Å². The maximum absolute atomic E-state index is 12.9. The van der Waals surface area contributed by atoms with Gasteiger partial charge >= 0.3 is 6.03 Å². The number of likely N-dealkylation sites (tertiary alicyclic amines) is 1. The first-order chi connectivity index (χ1) is 12.8. The molecule has 1 saturated heterocycles. The van der Waals surface area contributed by atoms with Crippen molar-refractivity contribution >= 4 is 17.6 Å². The fourth-order valence-electron chi connectivity index (χ4n) is 3.59. The number of amides is 3. The van der Waals surface area contributed by atoms with E-state index in [0.717, 1.165) is 38.2 Å². The number of hydrogen-bond acceptors (Lipinski definition) is 4. The molecule has 1 aromatic rings. The molecule has 7 nitrogen and oxygen atoms in total. The number of nitrogens with one attached hydrogen (secondary N) is 1. The number of likely N-dealkylation sites (N-methyl/N-ethyl adjacent to an activating group) is 2. The first-order valence-electron chi connectivity index (χ1n) is 9.67. The third kappa shape index (κ3) is 5.94. The van der Waals surface area contributed by atoms with E-state index in [2.05, 4.69) is 22.0 Å². The van der Waals surface area contributed by atoms with Gasteiger partial charge in [0.2, 0.25) is 5.91 Å². The molecule has 150 valence electrons. The number of anilines is 1. The van der Waals surface area contributed by atoms with Gasteiger partial charge in [-0.25, -0.2) is 4.79 Å². The smallest absolute Gasteiger partial charge is 0.321 e. The van der Waals surface area contributed by atoms with E-state index in [-0.39, 0.29) is 6.03 Å². The zero-order valence-corrected chi connectivity index (χ0v) is 17.0. The van der Waals surface area contributed by atoms with Crippen LogP contribution in [0.1, 0.15) is 35.7 Å². The van der Waals surface area contributed by atoms with E-state index >= 15 is 0 Å². The topological polar surface area (TPSA) is 81.9 Å². The van der Waals surface area contributed by atoms with Gasteiger partial charge in [0.1, 0.15) is 0 Å². The Morgan fingerprint density at radius 3 is 2.63 bits per heavy atom. The summed E-state index contributed by atoms with van der Waals surface area (Å²) in [5, 5.41) is 2.98. The number of nitrogens with two attached hydrogens (primary N) is 1. The number of primary amides is 1. The van der Waals surface area contributed by atoms with Gasteiger partial charge in [-0.2, -0.15) is 0 Å². The van der Waals surface area contributed by atoms with Crippen LogP contribution in [0, 0.1) is 6.92 Å². The quantitative estimate of drug-likeness (QED) is 0.728. The highest BCUT2D eigenvalue weighted by Crippen LogP contribution is 2.19. The molecule has 0 radical (unpaired) electrons. The molecule has 0 aromatic heterocycles. The van der Waals surface area contributed by atoms with Crippen molar-refractivity contribution in [2.75, 3.05) is 52.1 Å². The third-order valence-corrected chi connectivity index (χ3v) is 5.18. The Kier molecular flexibility index (Phi) is 7.62. The van der Waals surface area contributed by atoms with Crippen LogP contribution in [0.15, 0.2) is 18.2 Å². The van der Waals surface area contributed by atoms with Gasteiger partial charge in [0.15, 0.2) is 0 Å². The fourth-order valence-corrected chi connectivity index (χ4v) is 3.59. The predicted molar refractivity (Wildman–Crippen MR) is 109 cm³/mol. The Labute approximate surface area is 162 Å². The first kappa shape index (κ1) is 21.2. The van der Waals surface area contributed by atoms with Gasteiger partial charge in [0, 0.05) is 36.9 Å². The third-order valence-electron chi connectivity index (χ3n) is 5.18. The molecule has 1 fully saturated rings. The van der Waals surface area contributed by atoms with Crippen LogP contribution >= 0.6 is 0 Å². The average Bonchev–Trinajstić information content (AvgIpc) is 3.05. The second-order valence-corrected chi connectivity index (χ2v) is 7.50. The minimum Gasteiger partial charge on any atom is -0.366 e. The fraction of sp³-hybridized carbons (Fsp3) is 0.600. The Morgan fingerprint density at radius 1 is 1.30 bits per heavy atom. The maximum Gasteiger partial charge on any atom is 0.321 e. The molecule has 7 heteroatoms. The molecule has 0 aliphatic carbocycles. The van der Waals surface area contributed by atoms with Crippen molar-refractivity contribution in [3.8, 4) is 0 Å². The molecular formula is C20H33N5O2. The predicted octanol–water partition coefficient (Wildman–Crippen LogP) is 1.97. The minimum atomic E-state index is -0.459. The highest BCUT2D eigenvalue weighted by atomic mass is 16.2. The molecule has 1 aliphatic heterocycles. The van der Waals surface area contributed by atoms with Gasteiger partial charge in [-0.3, -0.25) is 9.69 Å². The van der Waals surface area contributed by atoms with E-state index in [9.17, 15) is 9.59 Å². The van der Waals surface area contributed by atoms with E-state index in [0.29, 0.717) is 23.8 Å². The van der Waals surface area contributed by atoms with Crippen LogP contribution in [0.25, 0.3) is 0 Å². The highest BCUT2D eigenvalue weighted by molar-refractivity contribution is 5.96. The summed E-state index contributed by atoms with van der Waals surface area (Å²) in [6, 6.07) is 5.49. The van der Waals surface area contributed by atoms with Gasteiger partial charge in [0.25, 0.3) is 0 Å². The minimum absolute atomic E-state index is 0.106. The van der Waals surface area contributed by atoms with Gasteiger partial charge < -0.3 is 20.9 Å². The van der Waals surface area contributed by atoms with Crippen molar-refractivity contribution in [1.29, 1.82) is 0 Å². The number of carbonyl (C=O) groups excluding carboxylic acids is 2. The molecule has 2 rings (SSSR count). The summed E-state index contributed by atoms with van der Waals surface area (Å²) in [6.45, 7) is 8.32. The number of nitrogens with zero attached hydrogens (tertiary/aromatic N) is 3.